The highest BCUT2D eigenvalue weighted by molar-refractivity contribution is 5.84. The molecule has 0 unspecified atom stereocenters. The van der Waals surface area contributed by atoms with Gasteiger partial charge in [0.25, 0.3) is 0 Å². The first-order valence-electron chi connectivity index (χ1n) is 11.3. The van der Waals surface area contributed by atoms with Crippen LogP contribution in [0.5, 0.6) is 17.5 Å². The Kier molecular flexibility index (Phi) is 6.46. The third kappa shape index (κ3) is 5.30. The fourth-order valence-electron chi connectivity index (χ4n) is 3.95. The molecular formula is C25H28N6O2. The van der Waals surface area contributed by atoms with Crippen molar-refractivity contribution in [2.24, 2.45) is 0 Å². The predicted molar refractivity (Wildman–Crippen MR) is 128 cm³/mol. The number of likely N-dealkylation sites (N-methyl/N-ethyl adjacent to an activating group) is 1. The Balaban J connectivity index is 1.20. The lowest BCUT2D eigenvalue weighted by Crippen LogP contribution is -2.44. The number of aromatic amines is 1. The SMILES string of the molecule is CN1CCN(CCCOc2ccc3c(Oc4cc(-c5ccccc5)[nH]n4)ncnc3c2)CC1. The zero-order valence-corrected chi connectivity index (χ0v) is 18.8. The molecule has 2 aromatic heterocycles. The van der Waals surface area contributed by atoms with Crippen LogP contribution in [0.2, 0.25) is 0 Å². The summed E-state index contributed by atoms with van der Waals surface area (Å²) in [6, 6.07) is 17.7. The van der Waals surface area contributed by atoms with Gasteiger partial charge in [-0.3, -0.25) is 5.10 Å². The average molecular weight is 445 g/mol. The number of nitrogens with one attached hydrogen (secondary N) is 1. The number of piperazine rings is 1. The fraction of sp³-hybridized carbons (Fsp3) is 0.320. The van der Waals surface area contributed by atoms with Crippen molar-refractivity contribution in [3.63, 3.8) is 0 Å². The molecule has 4 aromatic rings. The molecule has 0 spiro atoms. The molecule has 1 fully saturated rings. The number of fused-ring (bicyclic) bond motifs is 1. The fourth-order valence-corrected chi connectivity index (χ4v) is 3.95. The van der Waals surface area contributed by atoms with Gasteiger partial charge in [-0.05, 0) is 31.2 Å². The number of rotatable bonds is 8. The average Bonchev–Trinajstić information content (AvgIpc) is 3.32. The van der Waals surface area contributed by atoms with Crippen LogP contribution in [0, 0.1) is 0 Å². The van der Waals surface area contributed by atoms with Gasteiger partial charge in [-0.15, -0.1) is 5.10 Å². The van der Waals surface area contributed by atoms with E-state index >= 15 is 0 Å². The molecule has 2 aromatic carbocycles. The molecule has 1 saturated heterocycles. The number of aromatic nitrogens is 4. The van der Waals surface area contributed by atoms with E-state index in [1.807, 2.05) is 54.6 Å². The predicted octanol–water partition coefficient (Wildman–Crippen LogP) is 3.83. The summed E-state index contributed by atoms with van der Waals surface area (Å²) in [5.41, 5.74) is 2.70. The largest absolute Gasteiger partial charge is 0.493 e. The zero-order valence-electron chi connectivity index (χ0n) is 18.8. The molecule has 0 bridgehead atoms. The summed E-state index contributed by atoms with van der Waals surface area (Å²) in [4.78, 5) is 13.6. The first-order valence-corrected chi connectivity index (χ1v) is 11.3. The Morgan fingerprint density at radius 2 is 1.82 bits per heavy atom. The second-order valence-electron chi connectivity index (χ2n) is 8.29. The molecule has 0 radical (unpaired) electrons. The summed E-state index contributed by atoms with van der Waals surface area (Å²) in [5, 5.41) is 8.09. The molecule has 170 valence electrons. The standard InChI is InChI=1S/C25H28N6O2/c1-30-11-13-31(14-12-30)10-5-15-32-20-8-9-21-23(16-20)26-18-27-25(21)33-24-17-22(28-29-24)19-6-3-2-4-7-19/h2-4,6-9,16-18H,5,10-15H2,1H3,(H,28,29). The number of hydrogen-bond acceptors (Lipinski definition) is 7. The van der Waals surface area contributed by atoms with Crippen LogP contribution in [0.3, 0.4) is 0 Å². The lowest BCUT2D eigenvalue weighted by Gasteiger charge is -2.32. The van der Waals surface area contributed by atoms with Crippen molar-refractivity contribution in [3.05, 3.63) is 60.9 Å². The van der Waals surface area contributed by atoms with E-state index in [-0.39, 0.29) is 0 Å². The minimum atomic E-state index is 0.457. The Labute approximate surface area is 193 Å². The topological polar surface area (TPSA) is 79.4 Å². The van der Waals surface area contributed by atoms with Crippen LogP contribution in [0.1, 0.15) is 6.42 Å². The molecule has 8 nitrogen and oxygen atoms in total. The third-order valence-electron chi connectivity index (χ3n) is 5.90. The molecule has 0 amide bonds. The Hall–Kier alpha value is -3.49. The van der Waals surface area contributed by atoms with Gasteiger partial charge in [0.15, 0.2) is 0 Å². The Morgan fingerprint density at radius 1 is 0.970 bits per heavy atom. The summed E-state index contributed by atoms with van der Waals surface area (Å²) in [6.45, 7) is 6.30. The van der Waals surface area contributed by atoms with Crippen LogP contribution in [0.25, 0.3) is 22.2 Å². The van der Waals surface area contributed by atoms with Gasteiger partial charge in [-0.2, -0.15) is 0 Å². The molecule has 33 heavy (non-hydrogen) atoms. The molecule has 0 atom stereocenters. The second-order valence-corrected chi connectivity index (χ2v) is 8.29. The number of ether oxygens (including phenoxy) is 2. The van der Waals surface area contributed by atoms with E-state index in [1.54, 1.807) is 0 Å². The molecule has 1 N–H and O–H groups in total. The molecule has 1 aliphatic rings. The molecular weight excluding hydrogens is 416 g/mol. The van der Waals surface area contributed by atoms with Crippen molar-refractivity contribution >= 4 is 10.9 Å². The Bertz CT molecular complexity index is 1190. The summed E-state index contributed by atoms with van der Waals surface area (Å²) in [6.07, 6.45) is 2.50. The number of hydrogen-bond donors (Lipinski definition) is 1. The quantitative estimate of drug-likeness (QED) is 0.414. The van der Waals surface area contributed by atoms with Crippen molar-refractivity contribution < 1.29 is 9.47 Å². The van der Waals surface area contributed by atoms with Gasteiger partial charge in [0.1, 0.15) is 12.1 Å². The minimum Gasteiger partial charge on any atom is -0.493 e. The highest BCUT2D eigenvalue weighted by atomic mass is 16.5. The van der Waals surface area contributed by atoms with Crippen molar-refractivity contribution in [2.75, 3.05) is 46.4 Å². The molecule has 8 heteroatoms. The minimum absolute atomic E-state index is 0.457. The first-order chi connectivity index (χ1) is 16.2. The van der Waals surface area contributed by atoms with Crippen LogP contribution in [0.15, 0.2) is 60.9 Å². The first kappa shape index (κ1) is 21.4. The smallest absolute Gasteiger partial charge is 0.240 e. The van der Waals surface area contributed by atoms with Crippen LogP contribution in [-0.4, -0.2) is 76.3 Å². The van der Waals surface area contributed by atoms with Crippen LogP contribution in [0.4, 0.5) is 0 Å². The van der Waals surface area contributed by atoms with Gasteiger partial charge < -0.3 is 19.3 Å². The van der Waals surface area contributed by atoms with Crippen LogP contribution < -0.4 is 9.47 Å². The number of benzene rings is 2. The van der Waals surface area contributed by atoms with Crippen LogP contribution in [-0.2, 0) is 0 Å². The van der Waals surface area contributed by atoms with Crippen molar-refractivity contribution in [2.45, 2.75) is 6.42 Å². The van der Waals surface area contributed by atoms with Gasteiger partial charge in [-0.25, -0.2) is 9.97 Å². The molecule has 1 aliphatic heterocycles. The number of H-pyrrole nitrogens is 1. The maximum atomic E-state index is 5.98. The van der Waals surface area contributed by atoms with Crippen LogP contribution >= 0.6 is 0 Å². The summed E-state index contributed by atoms with van der Waals surface area (Å²) >= 11 is 0. The second kappa shape index (κ2) is 9.97. The van der Waals surface area contributed by atoms with Gasteiger partial charge in [0.2, 0.25) is 11.8 Å². The molecule has 0 saturated carbocycles. The van der Waals surface area contributed by atoms with E-state index in [0.29, 0.717) is 18.4 Å². The summed E-state index contributed by atoms with van der Waals surface area (Å²) < 4.78 is 11.9. The summed E-state index contributed by atoms with van der Waals surface area (Å²) in [7, 11) is 2.18. The van der Waals surface area contributed by atoms with E-state index < -0.39 is 0 Å². The summed E-state index contributed by atoms with van der Waals surface area (Å²) in [5.74, 6) is 1.72. The highest BCUT2D eigenvalue weighted by Crippen LogP contribution is 2.29. The normalized spacial score (nSPS) is 15.1. The van der Waals surface area contributed by atoms with E-state index in [9.17, 15) is 0 Å². The van der Waals surface area contributed by atoms with Gasteiger partial charge in [0, 0.05) is 44.9 Å². The Morgan fingerprint density at radius 3 is 2.67 bits per heavy atom. The maximum absolute atomic E-state index is 5.98. The van der Waals surface area contributed by atoms with Crippen molar-refractivity contribution in [1.82, 2.24) is 30.0 Å². The maximum Gasteiger partial charge on any atom is 0.240 e. The van der Waals surface area contributed by atoms with Gasteiger partial charge in [0.05, 0.1) is 23.2 Å². The zero-order chi connectivity index (χ0) is 22.5. The monoisotopic (exact) mass is 444 g/mol. The number of nitrogens with zero attached hydrogens (tertiary/aromatic N) is 5. The lowest BCUT2D eigenvalue weighted by molar-refractivity contribution is 0.145. The van der Waals surface area contributed by atoms with Crippen molar-refractivity contribution in [3.8, 4) is 28.8 Å². The van der Waals surface area contributed by atoms with E-state index in [4.69, 9.17) is 9.47 Å². The molecule has 5 rings (SSSR count). The third-order valence-corrected chi connectivity index (χ3v) is 5.90. The highest BCUT2D eigenvalue weighted by Gasteiger charge is 2.13. The lowest BCUT2D eigenvalue weighted by atomic mass is 10.2. The van der Waals surface area contributed by atoms with E-state index in [0.717, 1.165) is 67.1 Å². The molecule has 0 aliphatic carbocycles. The van der Waals surface area contributed by atoms with Gasteiger partial charge >= 0.3 is 0 Å². The molecule has 3 heterocycles. The van der Waals surface area contributed by atoms with E-state index in [2.05, 4.69) is 37.0 Å². The van der Waals surface area contributed by atoms with Gasteiger partial charge in [-0.1, -0.05) is 30.3 Å². The van der Waals surface area contributed by atoms with Crippen molar-refractivity contribution in [1.29, 1.82) is 0 Å². The van der Waals surface area contributed by atoms with E-state index in [1.165, 1.54) is 6.33 Å².